The van der Waals surface area contributed by atoms with Crippen molar-refractivity contribution in [1.82, 2.24) is 20.1 Å². The molecule has 0 amide bonds. The minimum absolute atomic E-state index is 0.166. The van der Waals surface area contributed by atoms with Crippen molar-refractivity contribution in [2.45, 2.75) is 18.8 Å². The number of para-hydroxylation sites is 1. The molecule has 0 unspecified atom stereocenters. The predicted molar refractivity (Wildman–Crippen MR) is 110 cm³/mol. The number of ether oxygens (including phenoxy) is 1. The fraction of sp³-hybridized carbons (Fsp3) is 0.273. The molecule has 1 fully saturated rings. The van der Waals surface area contributed by atoms with Gasteiger partial charge in [-0.2, -0.15) is 4.98 Å². The van der Waals surface area contributed by atoms with Gasteiger partial charge >= 0.3 is 0 Å². The van der Waals surface area contributed by atoms with Gasteiger partial charge in [-0.05, 0) is 37.1 Å². The van der Waals surface area contributed by atoms with Crippen molar-refractivity contribution in [2.24, 2.45) is 0 Å². The molecule has 0 bridgehead atoms. The van der Waals surface area contributed by atoms with Gasteiger partial charge in [-0.1, -0.05) is 17.3 Å². The second-order valence-corrected chi connectivity index (χ2v) is 7.31. The summed E-state index contributed by atoms with van der Waals surface area (Å²) in [7, 11) is 1.66. The molecule has 1 aromatic carbocycles. The molecule has 30 heavy (non-hydrogen) atoms. The second-order valence-electron chi connectivity index (χ2n) is 7.31. The van der Waals surface area contributed by atoms with E-state index in [-0.39, 0.29) is 5.92 Å². The zero-order valence-corrected chi connectivity index (χ0v) is 16.5. The van der Waals surface area contributed by atoms with Crippen LogP contribution in [0.25, 0.3) is 22.3 Å². The summed E-state index contributed by atoms with van der Waals surface area (Å²) in [5.41, 5.74) is 1.38. The van der Waals surface area contributed by atoms with E-state index in [2.05, 4.69) is 26.1 Å². The highest BCUT2D eigenvalue weighted by atomic mass is 19.1. The highest BCUT2D eigenvalue weighted by Crippen LogP contribution is 2.32. The maximum atomic E-state index is 13.4. The van der Waals surface area contributed by atoms with Crippen molar-refractivity contribution in [3.63, 3.8) is 0 Å². The molecule has 8 heteroatoms. The molecule has 0 saturated carbocycles. The Labute approximate surface area is 172 Å². The molecular formula is C22H20FN5O2. The Bertz CT molecular complexity index is 1190. The van der Waals surface area contributed by atoms with Crippen molar-refractivity contribution >= 4 is 16.7 Å². The van der Waals surface area contributed by atoms with Crippen molar-refractivity contribution in [3.8, 4) is 17.1 Å². The predicted octanol–water partition coefficient (Wildman–Crippen LogP) is 4.21. The van der Waals surface area contributed by atoms with Crippen LogP contribution < -0.4 is 9.64 Å². The lowest BCUT2D eigenvalue weighted by molar-refractivity contribution is 0.329. The average Bonchev–Trinajstić information content (AvgIpc) is 3.29. The number of hydrogen-bond donors (Lipinski definition) is 0. The molecule has 0 N–H and O–H groups in total. The summed E-state index contributed by atoms with van der Waals surface area (Å²) < 4.78 is 24.3. The molecule has 152 valence electrons. The van der Waals surface area contributed by atoms with E-state index < -0.39 is 5.82 Å². The largest absolute Gasteiger partial charge is 0.494 e. The normalized spacial score (nSPS) is 14.9. The molecule has 7 nitrogen and oxygen atoms in total. The molecule has 1 aliphatic heterocycles. The first-order valence-electron chi connectivity index (χ1n) is 9.84. The van der Waals surface area contributed by atoms with Gasteiger partial charge in [-0.15, -0.1) is 0 Å². The third kappa shape index (κ3) is 3.45. The number of methoxy groups -OCH3 is 1. The van der Waals surface area contributed by atoms with Crippen LogP contribution in [0.15, 0.2) is 53.3 Å². The zero-order chi connectivity index (χ0) is 20.5. The fourth-order valence-electron chi connectivity index (χ4n) is 3.86. The third-order valence-electron chi connectivity index (χ3n) is 5.46. The number of anilines is 1. The van der Waals surface area contributed by atoms with Crippen LogP contribution in [0, 0.1) is 5.82 Å². The molecule has 0 spiro atoms. The maximum absolute atomic E-state index is 13.4. The smallest absolute Gasteiger partial charge is 0.230 e. The topological polar surface area (TPSA) is 77.2 Å². The minimum atomic E-state index is -0.424. The summed E-state index contributed by atoms with van der Waals surface area (Å²) in [5, 5.41) is 5.05. The molecule has 1 aliphatic rings. The van der Waals surface area contributed by atoms with Gasteiger partial charge in [0.15, 0.2) is 0 Å². The number of pyridine rings is 2. The van der Waals surface area contributed by atoms with Crippen molar-refractivity contribution in [1.29, 1.82) is 0 Å². The van der Waals surface area contributed by atoms with Gasteiger partial charge in [-0.3, -0.25) is 4.98 Å². The lowest BCUT2D eigenvalue weighted by atomic mass is 9.96. The summed E-state index contributed by atoms with van der Waals surface area (Å²) >= 11 is 0. The molecule has 3 aromatic heterocycles. The first-order chi connectivity index (χ1) is 14.7. The van der Waals surface area contributed by atoms with Gasteiger partial charge in [0.05, 0.1) is 13.3 Å². The molecule has 5 rings (SSSR count). The molecule has 0 atom stereocenters. The standard InChI is InChI=1S/C22H20FN5O2/c1-29-18-4-2-3-14-5-6-19(25-20(14)18)28-9-7-15(8-10-28)22-26-21(27-30-22)16-11-17(23)13-24-12-16/h2-6,11-13,15H,7-10H2,1H3. The van der Waals surface area contributed by atoms with Crippen LogP contribution >= 0.6 is 0 Å². The molecule has 0 aliphatic carbocycles. The Morgan fingerprint density at radius 2 is 1.97 bits per heavy atom. The number of rotatable bonds is 4. The number of halogens is 1. The van der Waals surface area contributed by atoms with Crippen LogP contribution in [0.3, 0.4) is 0 Å². The van der Waals surface area contributed by atoms with E-state index in [9.17, 15) is 4.39 Å². The van der Waals surface area contributed by atoms with E-state index in [1.165, 1.54) is 12.3 Å². The van der Waals surface area contributed by atoms with Crippen LogP contribution in [0.4, 0.5) is 10.2 Å². The lowest BCUT2D eigenvalue weighted by Gasteiger charge is -2.31. The van der Waals surface area contributed by atoms with E-state index in [1.807, 2.05) is 24.3 Å². The fourth-order valence-corrected chi connectivity index (χ4v) is 3.86. The zero-order valence-electron chi connectivity index (χ0n) is 16.5. The third-order valence-corrected chi connectivity index (χ3v) is 5.46. The monoisotopic (exact) mass is 405 g/mol. The summed E-state index contributed by atoms with van der Waals surface area (Å²) in [6.07, 6.45) is 4.42. The van der Waals surface area contributed by atoms with Gasteiger partial charge in [-0.25, -0.2) is 9.37 Å². The Hall–Kier alpha value is -3.55. The Balaban J connectivity index is 1.31. The second kappa shape index (κ2) is 7.70. The van der Waals surface area contributed by atoms with Gasteiger partial charge in [0.2, 0.25) is 11.7 Å². The summed E-state index contributed by atoms with van der Waals surface area (Å²) in [6.45, 7) is 1.66. The van der Waals surface area contributed by atoms with E-state index in [1.54, 1.807) is 7.11 Å². The van der Waals surface area contributed by atoms with E-state index in [0.29, 0.717) is 17.3 Å². The number of aromatic nitrogens is 4. The SMILES string of the molecule is COc1cccc2ccc(N3CCC(c4nc(-c5cncc(F)c5)no4)CC3)nc12. The Kier molecular flexibility index (Phi) is 4.74. The van der Waals surface area contributed by atoms with Crippen molar-refractivity contribution in [2.75, 3.05) is 25.1 Å². The number of fused-ring (bicyclic) bond motifs is 1. The van der Waals surface area contributed by atoms with Gasteiger partial charge in [0.1, 0.15) is 22.9 Å². The Morgan fingerprint density at radius 1 is 1.10 bits per heavy atom. The first kappa shape index (κ1) is 18.5. The lowest BCUT2D eigenvalue weighted by Crippen LogP contribution is -2.33. The summed E-state index contributed by atoms with van der Waals surface area (Å²) in [5.74, 6) is 2.40. The number of nitrogens with zero attached hydrogens (tertiary/aromatic N) is 5. The summed E-state index contributed by atoms with van der Waals surface area (Å²) in [4.78, 5) is 15.4. The van der Waals surface area contributed by atoms with Crippen LogP contribution in [0.2, 0.25) is 0 Å². The van der Waals surface area contributed by atoms with Crippen molar-refractivity contribution < 1.29 is 13.7 Å². The first-order valence-corrected chi connectivity index (χ1v) is 9.84. The average molecular weight is 405 g/mol. The number of hydrogen-bond acceptors (Lipinski definition) is 7. The summed E-state index contributed by atoms with van der Waals surface area (Å²) in [6, 6.07) is 11.4. The van der Waals surface area contributed by atoms with Crippen LogP contribution in [-0.4, -0.2) is 40.3 Å². The van der Waals surface area contributed by atoms with E-state index in [0.717, 1.165) is 54.6 Å². The number of benzene rings is 1. The molecule has 4 aromatic rings. The van der Waals surface area contributed by atoms with E-state index in [4.69, 9.17) is 14.2 Å². The highest BCUT2D eigenvalue weighted by molar-refractivity contribution is 5.86. The number of piperidine rings is 1. The minimum Gasteiger partial charge on any atom is -0.494 e. The van der Waals surface area contributed by atoms with Crippen LogP contribution in [0.5, 0.6) is 5.75 Å². The quantitative estimate of drug-likeness (QED) is 0.503. The van der Waals surface area contributed by atoms with E-state index >= 15 is 0 Å². The molecular weight excluding hydrogens is 385 g/mol. The maximum Gasteiger partial charge on any atom is 0.230 e. The Morgan fingerprint density at radius 3 is 2.77 bits per heavy atom. The molecule has 4 heterocycles. The van der Waals surface area contributed by atoms with Crippen molar-refractivity contribution in [3.05, 3.63) is 60.5 Å². The van der Waals surface area contributed by atoms with Crippen LogP contribution in [0.1, 0.15) is 24.7 Å². The van der Waals surface area contributed by atoms with Gasteiger partial charge < -0.3 is 14.2 Å². The highest BCUT2D eigenvalue weighted by Gasteiger charge is 2.26. The van der Waals surface area contributed by atoms with Gasteiger partial charge in [0.25, 0.3) is 0 Å². The molecule has 0 radical (unpaired) electrons. The molecule has 1 saturated heterocycles. The van der Waals surface area contributed by atoms with Crippen LogP contribution in [-0.2, 0) is 0 Å². The van der Waals surface area contributed by atoms with Gasteiger partial charge in [0, 0.05) is 36.2 Å².